The zero-order valence-corrected chi connectivity index (χ0v) is 11.8. The van der Waals surface area contributed by atoms with Gasteiger partial charge >= 0.3 is 17.9 Å². The summed E-state index contributed by atoms with van der Waals surface area (Å²) in [6.45, 7) is 5.38. The lowest BCUT2D eigenvalue weighted by atomic mass is 10.2. The monoisotopic (exact) mass is 288 g/mol. The Labute approximate surface area is 117 Å². The van der Waals surface area contributed by atoms with Crippen molar-refractivity contribution in [2.75, 3.05) is 6.61 Å². The maximum absolute atomic E-state index is 11.3. The van der Waals surface area contributed by atoms with Crippen LogP contribution < -0.4 is 0 Å². The summed E-state index contributed by atoms with van der Waals surface area (Å²) in [6.07, 6.45) is 0.769. The smallest absolute Gasteiger partial charge is 0.335 e. The zero-order chi connectivity index (χ0) is 15.8. The SMILES string of the molecule is CC(C)(C)OC(=O)CCCOC=C(CC(=O)O)C(=O)O. The Kier molecular flexibility index (Phi) is 7.35. The second-order valence-corrected chi connectivity index (χ2v) is 5.08. The van der Waals surface area contributed by atoms with Gasteiger partial charge in [-0.2, -0.15) is 0 Å². The molecule has 0 saturated carbocycles. The van der Waals surface area contributed by atoms with Crippen LogP contribution in [0.2, 0.25) is 0 Å². The molecule has 114 valence electrons. The van der Waals surface area contributed by atoms with E-state index < -0.39 is 24.0 Å². The standard InChI is InChI=1S/C13H20O7/c1-13(2,3)20-11(16)5-4-6-19-8-9(12(17)18)7-10(14)15/h8H,4-7H2,1-3H3,(H,14,15)(H,17,18). The van der Waals surface area contributed by atoms with Crippen LogP contribution in [0.1, 0.15) is 40.0 Å². The predicted octanol–water partition coefficient (Wildman–Crippen LogP) is 1.57. The van der Waals surface area contributed by atoms with Crippen LogP contribution in [0.4, 0.5) is 0 Å². The minimum atomic E-state index is -1.35. The number of aliphatic carboxylic acids is 2. The quantitative estimate of drug-likeness (QED) is 0.302. The number of hydrogen-bond donors (Lipinski definition) is 2. The molecule has 0 bridgehead atoms. The van der Waals surface area contributed by atoms with Gasteiger partial charge in [0.25, 0.3) is 0 Å². The summed E-state index contributed by atoms with van der Waals surface area (Å²) in [5.41, 5.74) is -0.898. The molecule has 0 rings (SSSR count). The van der Waals surface area contributed by atoms with Crippen LogP contribution in [0.5, 0.6) is 0 Å². The highest BCUT2D eigenvalue weighted by Gasteiger charge is 2.16. The van der Waals surface area contributed by atoms with Crippen LogP contribution in [0.25, 0.3) is 0 Å². The first-order valence-corrected chi connectivity index (χ1v) is 6.09. The maximum Gasteiger partial charge on any atom is 0.335 e. The summed E-state index contributed by atoms with van der Waals surface area (Å²) < 4.78 is 10.00. The minimum absolute atomic E-state index is 0.107. The van der Waals surface area contributed by atoms with Gasteiger partial charge in [0.15, 0.2) is 0 Å². The van der Waals surface area contributed by atoms with Crippen molar-refractivity contribution in [3.8, 4) is 0 Å². The number of carboxylic acids is 2. The normalized spacial score (nSPS) is 11.8. The van der Waals surface area contributed by atoms with Gasteiger partial charge in [0.05, 0.1) is 24.9 Å². The van der Waals surface area contributed by atoms with Gasteiger partial charge in [-0.1, -0.05) is 0 Å². The number of carbonyl (C=O) groups excluding carboxylic acids is 1. The first-order chi connectivity index (χ1) is 9.11. The van der Waals surface area contributed by atoms with Crippen LogP contribution in [-0.2, 0) is 23.9 Å². The molecule has 7 heteroatoms. The summed E-state index contributed by atoms with van der Waals surface area (Å²) in [6, 6.07) is 0. The van der Waals surface area contributed by atoms with Gasteiger partial charge in [-0.3, -0.25) is 9.59 Å². The van der Waals surface area contributed by atoms with E-state index in [4.69, 9.17) is 19.7 Å². The molecule has 0 aromatic carbocycles. The molecule has 0 radical (unpaired) electrons. The lowest BCUT2D eigenvalue weighted by Crippen LogP contribution is -2.23. The molecule has 0 saturated heterocycles. The van der Waals surface area contributed by atoms with Gasteiger partial charge in [0.2, 0.25) is 0 Å². The largest absolute Gasteiger partial charge is 0.501 e. The topological polar surface area (TPSA) is 110 Å². The van der Waals surface area contributed by atoms with E-state index in [1.54, 1.807) is 20.8 Å². The van der Waals surface area contributed by atoms with E-state index in [1.165, 1.54) is 0 Å². The molecule has 20 heavy (non-hydrogen) atoms. The van der Waals surface area contributed by atoms with Crippen molar-refractivity contribution in [1.29, 1.82) is 0 Å². The average molecular weight is 288 g/mol. The van der Waals surface area contributed by atoms with E-state index in [0.29, 0.717) is 6.42 Å². The van der Waals surface area contributed by atoms with Crippen molar-refractivity contribution in [2.45, 2.75) is 45.6 Å². The fourth-order valence-corrected chi connectivity index (χ4v) is 1.18. The Morgan fingerprint density at radius 1 is 1.15 bits per heavy atom. The van der Waals surface area contributed by atoms with E-state index in [9.17, 15) is 14.4 Å². The summed E-state index contributed by atoms with van der Waals surface area (Å²) in [5, 5.41) is 17.2. The molecule has 0 amide bonds. The molecule has 7 nitrogen and oxygen atoms in total. The molecule has 0 heterocycles. The average Bonchev–Trinajstić information content (AvgIpc) is 2.23. The van der Waals surface area contributed by atoms with Crippen LogP contribution in [-0.4, -0.2) is 40.3 Å². The van der Waals surface area contributed by atoms with E-state index in [1.807, 2.05) is 0 Å². The highest BCUT2D eigenvalue weighted by Crippen LogP contribution is 2.09. The Hall–Kier alpha value is -2.05. The first-order valence-electron chi connectivity index (χ1n) is 6.09. The lowest BCUT2D eigenvalue weighted by molar-refractivity contribution is -0.155. The van der Waals surface area contributed by atoms with Gasteiger partial charge in [-0.05, 0) is 27.2 Å². The van der Waals surface area contributed by atoms with Gasteiger partial charge < -0.3 is 19.7 Å². The second kappa shape index (κ2) is 8.19. The van der Waals surface area contributed by atoms with Crippen molar-refractivity contribution in [3.63, 3.8) is 0 Å². The Morgan fingerprint density at radius 2 is 1.75 bits per heavy atom. The third-order valence-corrected chi connectivity index (χ3v) is 1.91. The van der Waals surface area contributed by atoms with E-state index in [0.717, 1.165) is 6.26 Å². The number of hydrogen-bond acceptors (Lipinski definition) is 5. The van der Waals surface area contributed by atoms with E-state index in [-0.39, 0.29) is 24.6 Å². The molecule has 0 aromatic heterocycles. The number of carboxylic acid groups (broad SMARTS) is 2. The van der Waals surface area contributed by atoms with E-state index >= 15 is 0 Å². The molecule has 0 atom stereocenters. The van der Waals surface area contributed by atoms with Gasteiger partial charge in [-0.15, -0.1) is 0 Å². The molecule has 0 fully saturated rings. The fourth-order valence-electron chi connectivity index (χ4n) is 1.18. The van der Waals surface area contributed by atoms with Crippen molar-refractivity contribution in [2.24, 2.45) is 0 Å². The van der Waals surface area contributed by atoms with Crippen molar-refractivity contribution in [1.82, 2.24) is 0 Å². The minimum Gasteiger partial charge on any atom is -0.501 e. The van der Waals surface area contributed by atoms with Crippen LogP contribution in [0.15, 0.2) is 11.8 Å². The molecule has 2 N–H and O–H groups in total. The highest BCUT2D eigenvalue weighted by atomic mass is 16.6. The Morgan fingerprint density at radius 3 is 2.20 bits per heavy atom. The zero-order valence-electron chi connectivity index (χ0n) is 11.8. The third-order valence-electron chi connectivity index (χ3n) is 1.91. The molecule has 0 aromatic rings. The van der Waals surface area contributed by atoms with Gasteiger partial charge in [0.1, 0.15) is 5.60 Å². The highest BCUT2D eigenvalue weighted by molar-refractivity contribution is 5.91. The third kappa shape index (κ3) is 9.93. The molecule has 0 aliphatic carbocycles. The fraction of sp³-hybridized carbons (Fsp3) is 0.615. The van der Waals surface area contributed by atoms with Gasteiger partial charge in [0, 0.05) is 6.42 Å². The summed E-state index contributed by atoms with van der Waals surface area (Å²) in [5.74, 6) is -2.97. The maximum atomic E-state index is 11.3. The van der Waals surface area contributed by atoms with E-state index in [2.05, 4.69) is 0 Å². The summed E-state index contributed by atoms with van der Waals surface area (Å²) in [7, 11) is 0. The van der Waals surface area contributed by atoms with Crippen molar-refractivity contribution in [3.05, 3.63) is 11.8 Å². The van der Waals surface area contributed by atoms with Crippen LogP contribution >= 0.6 is 0 Å². The predicted molar refractivity (Wildman–Crippen MR) is 69.0 cm³/mol. The lowest BCUT2D eigenvalue weighted by Gasteiger charge is -2.19. The number of ether oxygens (including phenoxy) is 2. The molecule has 0 aliphatic heterocycles. The first kappa shape index (κ1) is 17.9. The van der Waals surface area contributed by atoms with Gasteiger partial charge in [-0.25, -0.2) is 4.79 Å². The molecular formula is C13H20O7. The number of rotatable bonds is 8. The number of carbonyl (C=O) groups is 3. The molecule has 0 spiro atoms. The second-order valence-electron chi connectivity index (χ2n) is 5.08. The van der Waals surface area contributed by atoms with Crippen molar-refractivity contribution >= 4 is 17.9 Å². The molecule has 0 unspecified atom stereocenters. The molecule has 0 aliphatic rings. The van der Waals surface area contributed by atoms with Crippen molar-refractivity contribution < 1.29 is 34.1 Å². The Bertz CT molecular complexity index is 390. The van der Waals surface area contributed by atoms with Crippen LogP contribution in [0.3, 0.4) is 0 Å². The summed E-state index contributed by atoms with van der Waals surface area (Å²) in [4.78, 5) is 32.4. The Balaban J connectivity index is 4.02. The number of esters is 1. The van der Waals surface area contributed by atoms with Crippen LogP contribution in [0, 0.1) is 0 Å². The summed E-state index contributed by atoms with van der Waals surface area (Å²) >= 11 is 0. The molecular weight excluding hydrogens is 268 g/mol.